The fraction of sp³-hybridized carbons (Fsp3) is 0.458. The number of carbonyl (C=O) groups excluding carboxylic acids is 1. The minimum atomic E-state index is -3.96. The zero-order valence-electron chi connectivity index (χ0n) is 19.7. The average molecular weight is 485 g/mol. The summed E-state index contributed by atoms with van der Waals surface area (Å²) in [6.45, 7) is 3.83. The Kier molecular flexibility index (Phi) is 7.47. The van der Waals surface area contributed by atoms with E-state index in [9.17, 15) is 13.2 Å². The molecule has 1 saturated heterocycles. The maximum atomic E-state index is 13.8. The molecule has 4 rings (SSSR count). The molecule has 9 nitrogen and oxygen atoms in total. The Labute approximate surface area is 200 Å². The van der Waals surface area contributed by atoms with Crippen LogP contribution in [-0.4, -0.2) is 71.2 Å². The van der Waals surface area contributed by atoms with Crippen molar-refractivity contribution in [3.8, 4) is 0 Å². The number of anilines is 1. The third-order valence-electron chi connectivity index (χ3n) is 6.30. The quantitative estimate of drug-likeness (QED) is 0.451. The number of aryl methyl sites for hydroxylation is 1. The Morgan fingerprint density at radius 3 is 2.76 bits per heavy atom. The Balaban J connectivity index is 1.59. The summed E-state index contributed by atoms with van der Waals surface area (Å²) in [5.41, 5.74) is 1.38. The van der Waals surface area contributed by atoms with E-state index in [1.165, 1.54) is 11.4 Å². The van der Waals surface area contributed by atoms with E-state index >= 15 is 0 Å². The summed E-state index contributed by atoms with van der Waals surface area (Å²) in [5, 5.41) is 3.93. The van der Waals surface area contributed by atoms with Gasteiger partial charge >= 0.3 is 0 Å². The number of rotatable bonds is 9. The number of benzene rings is 1. The summed E-state index contributed by atoms with van der Waals surface area (Å²) in [5.74, 6) is 0.518. The fourth-order valence-electron chi connectivity index (χ4n) is 4.42. The third-order valence-corrected chi connectivity index (χ3v) is 8.20. The lowest BCUT2D eigenvalue weighted by Gasteiger charge is -2.34. The summed E-state index contributed by atoms with van der Waals surface area (Å²) in [6.07, 6.45) is 9.04. The van der Waals surface area contributed by atoms with Crippen molar-refractivity contribution in [3.63, 3.8) is 0 Å². The van der Waals surface area contributed by atoms with Crippen LogP contribution in [-0.2, 0) is 14.8 Å². The Morgan fingerprint density at radius 1 is 1.24 bits per heavy atom. The molecule has 10 heteroatoms. The number of pyridine rings is 1. The molecule has 0 bridgehead atoms. The molecule has 2 N–H and O–H groups in total. The molecule has 1 aliphatic heterocycles. The molecular formula is C24H32N6O3S. The molecule has 0 saturated carbocycles. The standard InChI is InChI=1S/C24H32N6O3S/c1-18-16-19-8-6-10-21(22(19)28-17-18)34(32,33)29(2)20(23(31)30-14-4-3-5-15-30)9-7-11-25-24-26-12-13-27-24/h6,8,10,12-13,16-17,20H,3-5,7,9,11,14-15H2,1-2H3,(H2,25,26,27)/t20-/m0/s1. The van der Waals surface area contributed by atoms with E-state index in [-0.39, 0.29) is 10.8 Å². The number of likely N-dealkylation sites (tertiary alicyclic amines) is 1. The zero-order valence-corrected chi connectivity index (χ0v) is 20.5. The SMILES string of the molecule is Cc1cnc2c(S(=O)(=O)N(C)[C@@H](CCCNc3ncc[nH]3)C(=O)N3CCCCC3)cccc2c1. The van der Waals surface area contributed by atoms with E-state index in [2.05, 4.69) is 20.3 Å². The molecule has 0 unspecified atom stereocenters. The lowest BCUT2D eigenvalue weighted by Crippen LogP contribution is -2.50. The molecule has 2 aromatic heterocycles. The highest BCUT2D eigenvalue weighted by Gasteiger charge is 2.36. The van der Waals surface area contributed by atoms with Gasteiger partial charge in [0.2, 0.25) is 15.9 Å². The molecule has 1 fully saturated rings. The minimum absolute atomic E-state index is 0.123. The van der Waals surface area contributed by atoms with E-state index < -0.39 is 16.1 Å². The number of imidazole rings is 1. The van der Waals surface area contributed by atoms with Gasteiger partial charge in [-0.2, -0.15) is 4.31 Å². The zero-order chi connectivity index (χ0) is 24.1. The minimum Gasteiger partial charge on any atom is -0.356 e. The third kappa shape index (κ3) is 5.23. The molecule has 1 amide bonds. The second-order valence-electron chi connectivity index (χ2n) is 8.77. The number of piperidine rings is 1. The lowest BCUT2D eigenvalue weighted by molar-refractivity contribution is -0.136. The van der Waals surface area contributed by atoms with Crippen LogP contribution in [0.2, 0.25) is 0 Å². The number of nitrogens with zero attached hydrogens (tertiary/aromatic N) is 4. The van der Waals surface area contributed by atoms with Gasteiger partial charge in [0.05, 0.1) is 5.52 Å². The van der Waals surface area contributed by atoms with Gasteiger partial charge in [-0.3, -0.25) is 9.78 Å². The first-order chi connectivity index (χ1) is 16.4. The van der Waals surface area contributed by atoms with Gasteiger partial charge in [-0.25, -0.2) is 13.4 Å². The van der Waals surface area contributed by atoms with Crippen molar-refractivity contribution < 1.29 is 13.2 Å². The van der Waals surface area contributed by atoms with Gasteiger partial charge in [0.15, 0.2) is 5.95 Å². The predicted molar refractivity (Wildman–Crippen MR) is 132 cm³/mol. The van der Waals surface area contributed by atoms with Crippen molar-refractivity contribution in [1.82, 2.24) is 24.2 Å². The molecule has 1 atom stereocenters. The molecule has 0 spiro atoms. The van der Waals surface area contributed by atoms with Crippen LogP contribution in [0.3, 0.4) is 0 Å². The summed E-state index contributed by atoms with van der Waals surface area (Å²) < 4.78 is 28.8. The molecule has 1 aromatic carbocycles. The van der Waals surface area contributed by atoms with Gasteiger partial charge in [0.25, 0.3) is 0 Å². The van der Waals surface area contributed by atoms with Crippen molar-refractivity contribution in [1.29, 1.82) is 0 Å². The number of likely N-dealkylation sites (N-methyl/N-ethyl adjacent to an activating group) is 1. The van der Waals surface area contributed by atoms with Crippen LogP contribution in [0.4, 0.5) is 5.95 Å². The van der Waals surface area contributed by atoms with E-state index in [1.54, 1.807) is 30.7 Å². The maximum Gasteiger partial charge on any atom is 0.245 e. The van der Waals surface area contributed by atoms with Crippen LogP contribution in [0.1, 0.15) is 37.7 Å². The average Bonchev–Trinajstić information content (AvgIpc) is 3.37. The molecule has 3 aromatic rings. The van der Waals surface area contributed by atoms with Crippen LogP contribution in [0.15, 0.2) is 47.8 Å². The summed E-state index contributed by atoms with van der Waals surface area (Å²) >= 11 is 0. The smallest absolute Gasteiger partial charge is 0.245 e. The number of carbonyl (C=O) groups is 1. The van der Waals surface area contributed by atoms with Gasteiger partial charge in [-0.1, -0.05) is 12.1 Å². The first kappa shape index (κ1) is 24.2. The lowest BCUT2D eigenvalue weighted by atomic mass is 10.1. The Hall–Kier alpha value is -2.98. The molecule has 3 heterocycles. The van der Waals surface area contributed by atoms with E-state index in [0.29, 0.717) is 43.9 Å². The molecule has 0 radical (unpaired) electrons. The topological polar surface area (TPSA) is 111 Å². The van der Waals surface area contributed by atoms with Crippen LogP contribution in [0.25, 0.3) is 10.9 Å². The maximum absolute atomic E-state index is 13.8. The van der Waals surface area contributed by atoms with Gasteiger partial charge in [-0.15, -0.1) is 0 Å². The molecular weight excluding hydrogens is 452 g/mol. The molecule has 0 aliphatic carbocycles. The summed E-state index contributed by atoms with van der Waals surface area (Å²) in [4.78, 5) is 27.0. The first-order valence-corrected chi connectivity index (χ1v) is 13.2. The van der Waals surface area contributed by atoms with Crippen LogP contribution in [0, 0.1) is 6.92 Å². The number of fused-ring (bicyclic) bond motifs is 1. The van der Waals surface area contributed by atoms with Crippen LogP contribution >= 0.6 is 0 Å². The normalized spacial score (nSPS) is 15.6. The van der Waals surface area contributed by atoms with Gasteiger partial charge in [0, 0.05) is 50.7 Å². The van der Waals surface area contributed by atoms with Crippen molar-refractivity contribution in [2.24, 2.45) is 0 Å². The second kappa shape index (κ2) is 10.5. The van der Waals surface area contributed by atoms with Crippen molar-refractivity contribution >= 4 is 32.8 Å². The van der Waals surface area contributed by atoms with Gasteiger partial charge in [-0.05, 0) is 56.7 Å². The number of para-hydroxylation sites is 1. The Bertz CT molecular complexity index is 1220. The van der Waals surface area contributed by atoms with Crippen molar-refractivity contribution in [2.45, 2.75) is 50.0 Å². The predicted octanol–water partition coefficient (Wildman–Crippen LogP) is 3.16. The highest BCUT2D eigenvalue weighted by Crippen LogP contribution is 2.27. The highest BCUT2D eigenvalue weighted by atomic mass is 32.2. The summed E-state index contributed by atoms with van der Waals surface area (Å²) in [6, 6.07) is 6.27. The van der Waals surface area contributed by atoms with E-state index in [0.717, 1.165) is 30.2 Å². The van der Waals surface area contributed by atoms with Crippen molar-refractivity contribution in [3.05, 3.63) is 48.4 Å². The van der Waals surface area contributed by atoms with Crippen LogP contribution < -0.4 is 5.32 Å². The monoisotopic (exact) mass is 484 g/mol. The fourth-order valence-corrected chi connectivity index (χ4v) is 5.93. The van der Waals surface area contributed by atoms with Crippen LogP contribution in [0.5, 0.6) is 0 Å². The van der Waals surface area contributed by atoms with E-state index in [4.69, 9.17) is 0 Å². The number of sulfonamides is 1. The van der Waals surface area contributed by atoms with Crippen molar-refractivity contribution in [2.75, 3.05) is 32.0 Å². The number of hydrogen-bond donors (Lipinski definition) is 2. The largest absolute Gasteiger partial charge is 0.356 e. The number of nitrogens with one attached hydrogen (secondary N) is 2. The highest BCUT2D eigenvalue weighted by molar-refractivity contribution is 7.89. The molecule has 1 aliphatic rings. The second-order valence-corrected chi connectivity index (χ2v) is 10.7. The summed E-state index contributed by atoms with van der Waals surface area (Å²) in [7, 11) is -2.45. The van der Waals surface area contributed by atoms with Gasteiger partial charge < -0.3 is 15.2 Å². The molecule has 182 valence electrons. The molecule has 34 heavy (non-hydrogen) atoms. The Morgan fingerprint density at radius 2 is 2.03 bits per heavy atom. The number of aromatic amines is 1. The van der Waals surface area contributed by atoms with Gasteiger partial charge in [0.1, 0.15) is 10.9 Å². The van der Waals surface area contributed by atoms with E-state index in [1.807, 2.05) is 24.0 Å². The first-order valence-electron chi connectivity index (χ1n) is 11.7. The number of H-pyrrole nitrogens is 1. The number of hydrogen-bond acceptors (Lipinski definition) is 6. The number of amides is 1. The number of aromatic nitrogens is 3.